The van der Waals surface area contributed by atoms with Crippen LogP contribution in [0.25, 0.3) is 0 Å². The molecule has 0 aliphatic heterocycles. The molecule has 6 rings (SSSR count). The molecule has 8 atom stereocenters. The Kier molecular flexibility index (Phi) is 5.65. The molecule has 0 heterocycles. The van der Waals surface area contributed by atoms with E-state index in [1.54, 1.807) is 0 Å². The van der Waals surface area contributed by atoms with Gasteiger partial charge in [-0.1, -0.05) is 80.9 Å². The smallest absolute Gasteiger partial charge is 0.192 e. The van der Waals surface area contributed by atoms with Crippen molar-refractivity contribution in [1.29, 1.82) is 0 Å². The molecule has 0 aromatic rings. The maximum atomic E-state index is 7.24. The summed E-state index contributed by atoms with van der Waals surface area (Å²) in [6, 6.07) is 0. The monoisotopic (exact) mass is 538 g/mol. The zero-order valence-electron chi connectivity index (χ0n) is 27.5. The van der Waals surface area contributed by atoms with E-state index in [0.717, 1.165) is 11.8 Å². The lowest BCUT2D eigenvalue weighted by molar-refractivity contribution is -0.197. The summed E-state index contributed by atoms with van der Waals surface area (Å²) in [5.74, 6) is 1.58. The van der Waals surface area contributed by atoms with Gasteiger partial charge in [0, 0.05) is 0 Å². The van der Waals surface area contributed by atoms with Gasteiger partial charge in [0.25, 0.3) is 0 Å². The second-order valence-corrected chi connectivity index (χ2v) is 24.1. The molecule has 0 N–H and O–H groups in total. The highest BCUT2D eigenvalue weighted by atomic mass is 28.4. The van der Waals surface area contributed by atoms with Gasteiger partial charge in [-0.05, 0) is 139 Å². The number of hydrogen-bond acceptors (Lipinski definition) is 1. The lowest BCUT2D eigenvalue weighted by atomic mass is 9.34. The van der Waals surface area contributed by atoms with Gasteiger partial charge in [0.15, 0.2) is 8.32 Å². The largest absolute Gasteiger partial charge is 0.413 e. The van der Waals surface area contributed by atoms with Crippen LogP contribution in [0.3, 0.4) is 0 Å². The molecule has 0 spiro atoms. The Morgan fingerprint density at radius 3 is 2.11 bits per heavy atom. The quantitative estimate of drug-likeness (QED) is 0.251. The van der Waals surface area contributed by atoms with Gasteiger partial charge in [0.05, 0.1) is 6.10 Å². The van der Waals surface area contributed by atoms with Crippen LogP contribution in [0.15, 0.2) is 11.6 Å². The van der Waals surface area contributed by atoms with E-state index in [1.807, 2.05) is 5.57 Å². The van der Waals surface area contributed by atoms with Crippen LogP contribution in [0.1, 0.15) is 140 Å². The second kappa shape index (κ2) is 7.65. The van der Waals surface area contributed by atoms with Crippen molar-refractivity contribution in [2.75, 3.05) is 0 Å². The van der Waals surface area contributed by atoms with Crippen LogP contribution in [0.5, 0.6) is 0 Å². The van der Waals surface area contributed by atoms with Crippen molar-refractivity contribution in [3.8, 4) is 0 Å². The van der Waals surface area contributed by atoms with E-state index in [4.69, 9.17) is 4.43 Å². The highest BCUT2D eigenvalue weighted by molar-refractivity contribution is 6.74. The van der Waals surface area contributed by atoms with E-state index >= 15 is 0 Å². The zero-order chi connectivity index (χ0) is 28.0. The minimum atomic E-state index is -1.79. The molecule has 5 saturated carbocycles. The fraction of sp³-hybridized carbons (Fsp3) is 0.944. The molecule has 0 saturated heterocycles. The van der Waals surface area contributed by atoms with Crippen LogP contribution in [0, 0.1) is 49.7 Å². The first-order valence-corrected chi connectivity index (χ1v) is 19.5. The molecule has 38 heavy (non-hydrogen) atoms. The first-order chi connectivity index (χ1) is 17.2. The normalized spacial score (nSPS) is 50.9. The Bertz CT molecular complexity index is 1040. The van der Waals surface area contributed by atoms with E-state index in [0.29, 0.717) is 38.6 Å². The molecule has 0 aromatic heterocycles. The molecule has 0 radical (unpaired) electrons. The van der Waals surface area contributed by atoms with E-state index in [9.17, 15) is 0 Å². The average molecular weight is 539 g/mol. The standard InChI is InChI=1S/C36H62OSi/c1-29(2,3)38(11,12)37-28-16-17-32(8)25(31(28,6)7)15-18-33(9)26(32)13-14-27-34(33,10)20-22-35-21-19-30(4,5)23-36(27,35)24-35/h14,25-26,28H,13,15-24H2,1-12H3/t25-,26+,28-,32-,33+,34+,35+,36+/m0/s1. The van der Waals surface area contributed by atoms with Gasteiger partial charge in [-0.2, -0.15) is 0 Å². The van der Waals surface area contributed by atoms with Crippen LogP contribution in [-0.2, 0) is 4.43 Å². The van der Waals surface area contributed by atoms with E-state index in [2.05, 4.69) is 88.4 Å². The third-order valence-corrected chi connectivity index (χ3v) is 20.3. The molecule has 6 aliphatic rings. The molecular formula is C36H62OSi. The van der Waals surface area contributed by atoms with Crippen LogP contribution in [0.4, 0.5) is 0 Å². The molecule has 0 unspecified atom stereocenters. The van der Waals surface area contributed by atoms with Crippen molar-refractivity contribution >= 4 is 8.32 Å². The predicted molar refractivity (Wildman–Crippen MR) is 165 cm³/mol. The first kappa shape index (κ1) is 28.1. The average Bonchev–Trinajstić information content (AvgIpc) is 3.43. The highest BCUT2D eigenvalue weighted by Gasteiger charge is 2.78. The Morgan fingerprint density at radius 1 is 0.789 bits per heavy atom. The fourth-order valence-electron chi connectivity index (χ4n) is 12.4. The Hall–Kier alpha value is -0.0831. The van der Waals surface area contributed by atoms with Crippen molar-refractivity contribution < 1.29 is 4.43 Å². The molecular weight excluding hydrogens is 476 g/mol. The van der Waals surface area contributed by atoms with E-state index < -0.39 is 8.32 Å². The molecule has 1 nitrogen and oxygen atoms in total. The summed E-state index contributed by atoms with van der Waals surface area (Å²) >= 11 is 0. The lowest BCUT2D eigenvalue weighted by Crippen LogP contribution is -2.64. The SMILES string of the molecule is CC1(C)CC[C@]23CC[C@]4(C)C(=CC[C@@H]5[C@@]6(C)CC[C@H](O[Si](C)(C)C(C)(C)C)C(C)(C)[C@@H]6CC[C@]54C)[C@@]2(C1)C3. The topological polar surface area (TPSA) is 9.23 Å². The summed E-state index contributed by atoms with van der Waals surface area (Å²) in [4.78, 5) is 0. The van der Waals surface area contributed by atoms with Crippen LogP contribution >= 0.6 is 0 Å². The van der Waals surface area contributed by atoms with Crippen molar-refractivity contribution in [3.63, 3.8) is 0 Å². The van der Waals surface area contributed by atoms with E-state index in [-0.39, 0.29) is 10.5 Å². The molecule has 0 aromatic carbocycles. The van der Waals surface area contributed by atoms with Crippen LogP contribution in [-0.4, -0.2) is 14.4 Å². The minimum absolute atomic E-state index is 0.249. The molecule has 6 aliphatic carbocycles. The summed E-state index contributed by atoms with van der Waals surface area (Å²) in [6.45, 7) is 30.8. The number of hydrogen-bond donors (Lipinski definition) is 0. The summed E-state index contributed by atoms with van der Waals surface area (Å²) < 4.78 is 7.24. The predicted octanol–water partition coefficient (Wildman–Crippen LogP) is 11.0. The van der Waals surface area contributed by atoms with Gasteiger partial charge < -0.3 is 4.43 Å². The summed E-state index contributed by atoms with van der Waals surface area (Å²) in [7, 11) is -1.79. The van der Waals surface area contributed by atoms with Gasteiger partial charge >= 0.3 is 0 Å². The fourth-order valence-corrected chi connectivity index (χ4v) is 13.9. The van der Waals surface area contributed by atoms with Gasteiger partial charge in [0.1, 0.15) is 0 Å². The summed E-state index contributed by atoms with van der Waals surface area (Å²) in [5.41, 5.74) is 5.24. The number of fused-ring (bicyclic) bond motifs is 5. The summed E-state index contributed by atoms with van der Waals surface area (Å²) in [6.07, 6.45) is 19.0. The number of allylic oxidation sites excluding steroid dienone is 2. The Labute approximate surface area is 237 Å². The Morgan fingerprint density at radius 2 is 1.45 bits per heavy atom. The summed E-state index contributed by atoms with van der Waals surface area (Å²) in [5, 5.41) is 0.278. The van der Waals surface area contributed by atoms with Crippen molar-refractivity contribution in [1.82, 2.24) is 0 Å². The van der Waals surface area contributed by atoms with Gasteiger partial charge in [-0.25, -0.2) is 0 Å². The first-order valence-electron chi connectivity index (χ1n) is 16.6. The van der Waals surface area contributed by atoms with Gasteiger partial charge in [-0.15, -0.1) is 0 Å². The van der Waals surface area contributed by atoms with Crippen LogP contribution < -0.4 is 0 Å². The van der Waals surface area contributed by atoms with Gasteiger partial charge in [0.2, 0.25) is 0 Å². The number of rotatable bonds is 2. The lowest BCUT2D eigenvalue weighted by Gasteiger charge is -2.71. The van der Waals surface area contributed by atoms with Crippen molar-refractivity contribution in [3.05, 3.63) is 11.6 Å². The molecule has 5 fully saturated rings. The maximum absolute atomic E-state index is 7.24. The highest BCUT2D eigenvalue weighted by Crippen LogP contribution is 2.87. The van der Waals surface area contributed by atoms with Gasteiger partial charge in [-0.3, -0.25) is 0 Å². The Balaban J connectivity index is 1.34. The van der Waals surface area contributed by atoms with E-state index in [1.165, 1.54) is 70.6 Å². The van der Waals surface area contributed by atoms with Crippen LogP contribution in [0.2, 0.25) is 18.1 Å². The zero-order valence-corrected chi connectivity index (χ0v) is 28.5. The third-order valence-electron chi connectivity index (χ3n) is 15.9. The van der Waals surface area contributed by atoms with Crippen molar-refractivity contribution in [2.24, 2.45) is 49.7 Å². The molecule has 216 valence electrons. The molecule has 2 heteroatoms. The van der Waals surface area contributed by atoms with Crippen molar-refractivity contribution in [2.45, 2.75) is 164 Å². The third kappa shape index (κ3) is 3.32. The molecule has 0 amide bonds. The maximum Gasteiger partial charge on any atom is 0.192 e. The minimum Gasteiger partial charge on any atom is -0.413 e. The second-order valence-electron chi connectivity index (χ2n) is 19.4. The molecule has 0 bridgehead atoms.